The number of benzene rings is 2. The average Bonchev–Trinajstić information content (AvgIpc) is 2.55. The molecule has 4 nitrogen and oxygen atoms in total. The van der Waals surface area contributed by atoms with Crippen LogP contribution in [0.2, 0.25) is 0 Å². The number of hydrogen-bond acceptors (Lipinski definition) is 3. The number of amides is 1. The van der Waals surface area contributed by atoms with Crippen molar-refractivity contribution < 1.29 is 32.6 Å². The second-order valence-electron chi connectivity index (χ2n) is 7.04. The molecule has 28 heavy (non-hydrogen) atoms. The summed E-state index contributed by atoms with van der Waals surface area (Å²) in [5.41, 5.74) is -5.48. The van der Waals surface area contributed by atoms with E-state index in [1.807, 2.05) is 0 Å². The van der Waals surface area contributed by atoms with Gasteiger partial charge in [0, 0.05) is 22.1 Å². The Morgan fingerprint density at radius 3 is 2.36 bits per heavy atom. The fraction of sp³-hybridized carbons (Fsp3) is 0.316. The van der Waals surface area contributed by atoms with Crippen molar-refractivity contribution in [1.82, 2.24) is 0 Å². The lowest BCUT2D eigenvalue weighted by molar-refractivity contribution is -0.254. The second kappa shape index (κ2) is 7.71. The quantitative estimate of drug-likeness (QED) is 0.552. The number of anilines is 1. The van der Waals surface area contributed by atoms with Crippen LogP contribution in [0, 0.1) is 5.82 Å². The van der Waals surface area contributed by atoms with Crippen molar-refractivity contribution >= 4 is 27.5 Å². The first-order chi connectivity index (χ1) is 12.8. The Morgan fingerprint density at radius 1 is 1.14 bits per heavy atom. The molecule has 0 spiro atoms. The third-order valence-electron chi connectivity index (χ3n) is 4.31. The first kappa shape index (κ1) is 22.2. The van der Waals surface area contributed by atoms with E-state index in [9.17, 15) is 32.6 Å². The molecule has 1 amide bonds. The number of carbonyl (C=O) groups is 1. The number of aliphatic hydroxyl groups is 1. The van der Waals surface area contributed by atoms with Crippen LogP contribution in [-0.2, 0) is 10.2 Å². The van der Waals surface area contributed by atoms with Gasteiger partial charge >= 0.3 is 6.18 Å². The second-order valence-corrected chi connectivity index (χ2v) is 7.96. The van der Waals surface area contributed by atoms with Crippen molar-refractivity contribution in [1.29, 1.82) is 0 Å². The molecule has 2 aromatic carbocycles. The van der Waals surface area contributed by atoms with E-state index >= 15 is 0 Å². The molecule has 0 aromatic heterocycles. The van der Waals surface area contributed by atoms with Crippen molar-refractivity contribution in [3.05, 3.63) is 58.3 Å². The zero-order valence-corrected chi connectivity index (χ0v) is 16.5. The number of phenols is 1. The van der Waals surface area contributed by atoms with Gasteiger partial charge in [0.1, 0.15) is 11.6 Å². The molecule has 0 saturated carbocycles. The zero-order valence-electron chi connectivity index (χ0n) is 14.9. The minimum atomic E-state index is -5.32. The summed E-state index contributed by atoms with van der Waals surface area (Å²) in [6, 6.07) is 8.67. The summed E-state index contributed by atoms with van der Waals surface area (Å²) in [6.45, 7) is 2.54. The lowest BCUT2D eigenvalue weighted by atomic mass is 9.74. The van der Waals surface area contributed by atoms with Gasteiger partial charge in [-0.3, -0.25) is 4.79 Å². The van der Waals surface area contributed by atoms with Crippen LogP contribution in [-0.4, -0.2) is 27.9 Å². The van der Waals surface area contributed by atoms with E-state index in [1.54, 1.807) is 6.07 Å². The maximum atomic E-state index is 13.7. The Labute approximate surface area is 167 Å². The largest absolute Gasteiger partial charge is 0.508 e. The number of carbonyl (C=O) groups excluding carboxylic acids is 1. The minimum Gasteiger partial charge on any atom is -0.508 e. The third kappa shape index (κ3) is 4.64. The summed E-state index contributed by atoms with van der Waals surface area (Å²) in [5.74, 6) is -2.89. The molecule has 0 bridgehead atoms. The lowest BCUT2D eigenvalue weighted by Crippen LogP contribution is -2.57. The van der Waals surface area contributed by atoms with Crippen molar-refractivity contribution in [2.45, 2.75) is 37.5 Å². The van der Waals surface area contributed by atoms with E-state index in [2.05, 4.69) is 21.2 Å². The van der Waals surface area contributed by atoms with Crippen molar-refractivity contribution in [3.8, 4) is 5.75 Å². The highest BCUT2D eigenvalue weighted by molar-refractivity contribution is 9.10. The highest BCUT2D eigenvalue weighted by atomic mass is 79.9. The molecule has 0 saturated heterocycles. The van der Waals surface area contributed by atoms with Gasteiger partial charge in [0.05, 0.1) is 0 Å². The Bertz CT molecular complexity index is 886. The molecule has 1 atom stereocenters. The number of phenolic OH excluding ortho intramolecular Hbond substituents is 1. The molecule has 9 heteroatoms. The Morgan fingerprint density at radius 2 is 1.79 bits per heavy atom. The van der Waals surface area contributed by atoms with Gasteiger partial charge in [-0.05, 0) is 41.8 Å². The van der Waals surface area contributed by atoms with Crippen molar-refractivity contribution in [3.63, 3.8) is 0 Å². The molecular weight excluding hydrogens is 446 g/mol. The summed E-state index contributed by atoms with van der Waals surface area (Å²) in [6.07, 6.45) is -6.45. The SMILES string of the molecule is CC(C)(CC(O)(C(=O)Nc1cccc(Br)c1)C(F)(F)F)c1cc(F)ccc1O. The predicted molar refractivity (Wildman–Crippen MR) is 99.5 cm³/mol. The molecule has 152 valence electrons. The van der Waals surface area contributed by atoms with Gasteiger partial charge in [-0.1, -0.05) is 35.8 Å². The molecule has 0 aliphatic heterocycles. The van der Waals surface area contributed by atoms with Gasteiger partial charge in [0.15, 0.2) is 0 Å². The minimum absolute atomic E-state index is 0.0495. The number of halogens is 5. The smallest absolute Gasteiger partial charge is 0.426 e. The predicted octanol–water partition coefficient (Wildman–Crippen LogP) is 4.89. The lowest BCUT2D eigenvalue weighted by Gasteiger charge is -2.36. The van der Waals surface area contributed by atoms with Gasteiger partial charge in [-0.25, -0.2) is 4.39 Å². The van der Waals surface area contributed by atoms with Crippen LogP contribution in [0.4, 0.5) is 23.2 Å². The molecule has 0 radical (unpaired) electrons. The van der Waals surface area contributed by atoms with Crippen LogP contribution in [0.25, 0.3) is 0 Å². The van der Waals surface area contributed by atoms with Gasteiger partial charge in [-0.2, -0.15) is 13.2 Å². The van der Waals surface area contributed by atoms with Crippen LogP contribution in [0.15, 0.2) is 46.9 Å². The Hall–Kier alpha value is -2.13. The monoisotopic (exact) mass is 463 g/mol. The van der Waals surface area contributed by atoms with Crippen molar-refractivity contribution in [2.75, 3.05) is 5.32 Å². The topological polar surface area (TPSA) is 69.6 Å². The van der Waals surface area contributed by atoms with Crippen LogP contribution >= 0.6 is 15.9 Å². The van der Waals surface area contributed by atoms with E-state index in [0.29, 0.717) is 4.47 Å². The van der Waals surface area contributed by atoms with Gasteiger partial charge in [0.2, 0.25) is 5.60 Å². The van der Waals surface area contributed by atoms with Gasteiger partial charge in [0.25, 0.3) is 5.91 Å². The molecule has 2 aromatic rings. The summed E-state index contributed by atoms with van der Waals surface area (Å²) in [7, 11) is 0. The Balaban J connectivity index is 2.41. The highest BCUT2D eigenvalue weighted by Crippen LogP contribution is 2.44. The van der Waals surface area contributed by atoms with E-state index in [1.165, 1.54) is 32.0 Å². The fourth-order valence-electron chi connectivity index (χ4n) is 2.90. The molecular formula is C19H18BrF4NO3. The molecule has 0 heterocycles. The maximum absolute atomic E-state index is 13.7. The number of hydrogen-bond donors (Lipinski definition) is 3. The molecule has 3 N–H and O–H groups in total. The normalized spacial score (nSPS) is 14.4. The van der Waals surface area contributed by atoms with E-state index in [-0.39, 0.29) is 11.3 Å². The van der Waals surface area contributed by atoms with E-state index in [4.69, 9.17) is 0 Å². The third-order valence-corrected chi connectivity index (χ3v) is 4.81. The first-order valence-electron chi connectivity index (χ1n) is 8.11. The van der Waals surface area contributed by atoms with Crippen LogP contribution in [0.3, 0.4) is 0 Å². The first-order valence-corrected chi connectivity index (χ1v) is 8.91. The van der Waals surface area contributed by atoms with Crippen LogP contribution in [0.5, 0.6) is 5.75 Å². The summed E-state index contributed by atoms with van der Waals surface area (Å²) in [4.78, 5) is 12.4. The average molecular weight is 464 g/mol. The maximum Gasteiger partial charge on any atom is 0.426 e. The molecule has 0 aliphatic rings. The summed E-state index contributed by atoms with van der Waals surface area (Å²) in [5, 5.41) is 22.4. The number of nitrogens with one attached hydrogen (secondary N) is 1. The van der Waals surface area contributed by atoms with Crippen molar-refractivity contribution in [2.24, 2.45) is 0 Å². The van der Waals surface area contributed by atoms with Crippen LogP contribution in [0.1, 0.15) is 25.8 Å². The van der Waals surface area contributed by atoms with E-state index < -0.39 is 41.1 Å². The molecule has 0 aliphatic carbocycles. The number of rotatable bonds is 5. The summed E-state index contributed by atoms with van der Waals surface area (Å²) < 4.78 is 55.2. The summed E-state index contributed by atoms with van der Waals surface area (Å²) >= 11 is 3.14. The van der Waals surface area contributed by atoms with Gasteiger partial charge < -0.3 is 15.5 Å². The highest BCUT2D eigenvalue weighted by Gasteiger charge is 2.61. The number of aromatic hydroxyl groups is 1. The molecule has 0 fully saturated rings. The fourth-order valence-corrected chi connectivity index (χ4v) is 3.29. The van der Waals surface area contributed by atoms with Crippen LogP contribution < -0.4 is 5.32 Å². The molecule has 1 unspecified atom stereocenters. The van der Waals surface area contributed by atoms with E-state index in [0.717, 1.165) is 18.2 Å². The number of alkyl halides is 3. The van der Waals surface area contributed by atoms with Gasteiger partial charge in [-0.15, -0.1) is 0 Å². The Kier molecular flexibility index (Phi) is 6.10. The standard InChI is InChI=1S/C19H18BrF4NO3/c1-17(2,14-9-12(21)6-7-15(14)26)10-18(28,19(22,23)24)16(27)25-13-5-3-4-11(20)8-13/h3-9,26,28H,10H2,1-2H3,(H,25,27). The zero-order chi connectivity index (χ0) is 21.3. The molecule has 2 rings (SSSR count).